The van der Waals surface area contributed by atoms with Crippen LogP contribution in [0.25, 0.3) is 17.0 Å². The van der Waals surface area contributed by atoms with Crippen LogP contribution in [0.3, 0.4) is 0 Å². The predicted octanol–water partition coefficient (Wildman–Crippen LogP) is 1.40. The maximum atomic E-state index is 12.9. The Morgan fingerprint density at radius 3 is 2.36 bits per heavy atom. The van der Waals surface area contributed by atoms with Gasteiger partial charge in [0.1, 0.15) is 6.26 Å². The minimum atomic E-state index is -3.26. The second kappa shape index (κ2) is 7.08. The van der Waals surface area contributed by atoms with Gasteiger partial charge in [-0.1, -0.05) is 0 Å². The maximum Gasteiger partial charge on any atom is 0.255 e. The number of nitrogens with zero attached hydrogens (tertiary/aromatic N) is 5. The van der Waals surface area contributed by atoms with Gasteiger partial charge in [0.05, 0.1) is 15.8 Å². The lowest BCUT2D eigenvalue weighted by molar-refractivity contribution is 0.0663. The van der Waals surface area contributed by atoms with Crippen molar-refractivity contribution in [1.82, 2.24) is 24.4 Å². The number of benzene rings is 1. The van der Waals surface area contributed by atoms with Crippen LogP contribution >= 0.6 is 0 Å². The molecule has 1 aromatic carbocycles. The molecule has 8 nitrogen and oxygen atoms in total. The Bertz CT molecular complexity index is 1060. The molecule has 28 heavy (non-hydrogen) atoms. The summed E-state index contributed by atoms with van der Waals surface area (Å²) in [7, 11) is -1.21. The van der Waals surface area contributed by atoms with E-state index in [0.717, 1.165) is 18.7 Å². The summed E-state index contributed by atoms with van der Waals surface area (Å²) in [5.41, 5.74) is 1.92. The monoisotopic (exact) mass is 399 g/mol. The average molecular weight is 399 g/mol. The fraction of sp³-hybridized carbons (Fsp3) is 0.316. The van der Waals surface area contributed by atoms with E-state index in [4.69, 9.17) is 0 Å². The average Bonchev–Trinajstić information content (AvgIpc) is 3.10. The zero-order valence-electron chi connectivity index (χ0n) is 15.7. The Morgan fingerprint density at radius 1 is 1.04 bits per heavy atom. The van der Waals surface area contributed by atoms with E-state index in [1.807, 2.05) is 11.9 Å². The molecule has 0 aliphatic carbocycles. The lowest BCUT2D eigenvalue weighted by Gasteiger charge is -2.32. The first-order valence-electron chi connectivity index (χ1n) is 8.96. The molecule has 1 atom stereocenters. The molecule has 1 unspecified atom stereocenters. The van der Waals surface area contributed by atoms with E-state index in [-0.39, 0.29) is 10.8 Å². The van der Waals surface area contributed by atoms with Crippen LogP contribution < -0.4 is 0 Å². The van der Waals surface area contributed by atoms with Crippen LogP contribution in [0.15, 0.2) is 47.5 Å². The van der Waals surface area contributed by atoms with Gasteiger partial charge in [-0.25, -0.2) is 0 Å². The van der Waals surface area contributed by atoms with Gasteiger partial charge in [-0.05, 0) is 43.4 Å². The van der Waals surface area contributed by atoms with Gasteiger partial charge in [0.25, 0.3) is 5.91 Å². The highest BCUT2D eigenvalue weighted by molar-refractivity contribution is 7.97. The summed E-state index contributed by atoms with van der Waals surface area (Å²) in [6.45, 7) is 3.13. The van der Waals surface area contributed by atoms with Crippen molar-refractivity contribution in [2.24, 2.45) is 0 Å². The SMILES string of the molecule is CN1CCN(C(=O)c2ccc3nnc(-c4ccc([S+](C)(=O)[O-])cc4)n3c2)CC1. The van der Waals surface area contributed by atoms with E-state index < -0.39 is 10.2 Å². The van der Waals surface area contributed by atoms with Crippen LogP contribution in [0.1, 0.15) is 10.4 Å². The molecule has 1 saturated heterocycles. The van der Waals surface area contributed by atoms with E-state index in [1.54, 1.807) is 47.0 Å². The van der Waals surface area contributed by atoms with Crippen LogP contribution in [0.2, 0.25) is 0 Å². The van der Waals surface area contributed by atoms with Crippen molar-refractivity contribution >= 4 is 21.8 Å². The fourth-order valence-corrected chi connectivity index (χ4v) is 3.89. The lowest BCUT2D eigenvalue weighted by Crippen LogP contribution is -2.47. The molecule has 1 amide bonds. The van der Waals surface area contributed by atoms with Gasteiger partial charge in [-0.15, -0.1) is 14.4 Å². The fourth-order valence-electron chi connectivity index (χ4n) is 3.26. The van der Waals surface area contributed by atoms with Crippen LogP contribution in [-0.2, 0) is 14.4 Å². The predicted molar refractivity (Wildman–Crippen MR) is 105 cm³/mol. The number of hydrogen-bond donors (Lipinski definition) is 0. The number of aromatic nitrogens is 3. The maximum absolute atomic E-state index is 12.9. The number of sulfone groups is 1. The Kier molecular flexibility index (Phi) is 4.74. The van der Waals surface area contributed by atoms with Crippen molar-refractivity contribution < 1.29 is 13.6 Å². The third kappa shape index (κ3) is 3.56. The Balaban J connectivity index is 1.67. The van der Waals surface area contributed by atoms with Crippen LogP contribution in [-0.4, -0.2) is 74.3 Å². The van der Waals surface area contributed by atoms with Gasteiger partial charge in [-0.3, -0.25) is 9.20 Å². The van der Waals surface area contributed by atoms with Crippen molar-refractivity contribution in [1.29, 1.82) is 0 Å². The third-order valence-electron chi connectivity index (χ3n) is 4.98. The molecule has 0 radical (unpaired) electrons. The number of likely N-dealkylation sites (N-methyl/N-ethyl adjacent to an activating group) is 1. The minimum absolute atomic E-state index is 0.0120. The summed E-state index contributed by atoms with van der Waals surface area (Å²) in [5.74, 6) is 0.546. The summed E-state index contributed by atoms with van der Waals surface area (Å²) < 4.78 is 25.1. The topological polar surface area (TPSA) is 93.9 Å². The molecule has 0 N–H and O–H groups in total. The second-order valence-electron chi connectivity index (χ2n) is 7.06. The standard InChI is InChI=1S/C19H21N5O3S/c1-22-9-11-23(12-10-22)19(25)15-5-8-17-20-21-18(24(17)13-15)14-3-6-16(7-4-14)28(2,26)27/h3-8,13H,9-12H2,1-2H3. The van der Waals surface area contributed by atoms with Gasteiger partial charge < -0.3 is 14.4 Å². The number of carbonyl (C=O) groups is 1. The summed E-state index contributed by atoms with van der Waals surface area (Å²) >= 11 is 0. The summed E-state index contributed by atoms with van der Waals surface area (Å²) in [4.78, 5) is 17.2. The molecule has 1 aliphatic rings. The molecule has 2 aromatic heterocycles. The number of fused-ring (bicyclic) bond motifs is 1. The largest absolute Gasteiger partial charge is 0.610 e. The summed E-state index contributed by atoms with van der Waals surface area (Å²) in [6, 6.07) is 10.0. The third-order valence-corrected chi connectivity index (χ3v) is 6.11. The molecule has 4 rings (SSSR count). The van der Waals surface area contributed by atoms with E-state index in [9.17, 15) is 13.6 Å². The smallest absolute Gasteiger partial charge is 0.255 e. The van der Waals surface area contributed by atoms with Crippen LogP contribution in [0.5, 0.6) is 0 Å². The molecule has 0 saturated carbocycles. The molecule has 1 aliphatic heterocycles. The van der Waals surface area contributed by atoms with Crippen molar-refractivity contribution in [2.45, 2.75) is 4.90 Å². The first-order valence-corrected chi connectivity index (χ1v) is 10.9. The van der Waals surface area contributed by atoms with Gasteiger partial charge in [0, 0.05) is 37.9 Å². The highest BCUT2D eigenvalue weighted by Crippen LogP contribution is 2.22. The van der Waals surface area contributed by atoms with E-state index in [1.165, 1.54) is 6.26 Å². The first kappa shape index (κ1) is 18.7. The van der Waals surface area contributed by atoms with Crippen LogP contribution in [0, 0.1) is 0 Å². The summed E-state index contributed by atoms with van der Waals surface area (Å²) in [5, 5.41) is 8.36. The zero-order chi connectivity index (χ0) is 19.9. The van der Waals surface area contributed by atoms with Crippen molar-refractivity contribution in [3.63, 3.8) is 0 Å². The number of carbonyl (C=O) groups excluding carboxylic acids is 1. The van der Waals surface area contributed by atoms with Crippen LogP contribution in [0.4, 0.5) is 0 Å². The molecular weight excluding hydrogens is 378 g/mol. The Morgan fingerprint density at radius 2 is 1.71 bits per heavy atom. The van der Waals surface area contributed by atoms with Gasteiger partial charge in [0.15, 0.2) is 16.4 Å². The number of amides is 1. The Labute approximate surface area is 164 Å². The van der Waals surface area contributed by atoms with E-state index >= 15 is 0 Å². The first-order chi connectivity index (χ1) is 13.3. The minimum Gasteiger partial charge on any atom is -0.610 e. The molecule has 0 spiro atoms. The number of rotatable bonds is 3. The van der Waals surface area contributed by atoms with Crippen molar-refractivity contribution in [3.8, 4) is 11.4 Å². The molecule has 146 valence electrons. The normalized spacial score (nSPS) is 17.6. The molecule has 3 heterocycles. The van der Waals surface area contributed by atoms with Crippen molar-refractivity contribution in [3.05, 3.63) is 48.2 Å². The van der Waals surface area contributed by atoms with Crippen molar-refractivity contribution in [2.75, 3.05) is 39.5 Å². The van der Waals surface area contributed by atoms with E-state index in [2.05, 4.69) is 15.1 Å². The number of piperazine rings is 1. The summed E-state index contributed by atoms with van der Waals surface area (Å²) in [6.07, 6.45) is 2.92. The quantitative estimate of drug-likeness (QED) is 0.618. The highest BCUT2D eigenvalue weighted by Gasteiger charge is 2.21. The highest BCUT2D eigenvalue weighted by atomic mass is 32.3. The second-order valence-corrected chi connectivity index (χ2v) is 9.08. The van der Waals surface area contributed by atoms with Gasteiger partial charge in [-0.2, -0.15) is 0 Å². The Hall–Kier alpha value is -2.62. The van der Waals surface area contributed by atoms with Gasteiger partial charge >= 0.3 is 0 Å². The molecular formula is C19H21N5O3S. The molecule has 9 heteroatoms. The number of hydrogen-bond acceptors (Lipinski definition) is 6. The lowest BCUT2D eigenvalue weighted by atomic mass is 10.2. The zero-order valence-corrected chi connectivity index (χ0v) is 16.6. The van der Waals surface area contributed by atoms with Gasteiger partial charge in [0.2, 0.25) is 0 Å². The van der Waals surface area contributed by atoms with E-state index in [0.29, 0.717) is 30.1 Å². The molecule has 0 bridgehead atoms. The number of pyridine rings is 1. The molecule has 3 aromatic rings. The molecule has 1 fully saturated rings.